The number of hydrogen-bond donors (Lipinski definition) is 2. The quantitative estimate of drug-likeness (QED) is 0.590. The van der Waals surface area contributed by atoms with E-state index in [0.717, 1.165) is 12.8 Å². The van der Waals surface area contributed by atoms with Crippen LogP contribution in [0.3, 0.4) is 0 Å². The monoisotopic (exact) mass is 172 g/mol. The van der Waals surface area contributed by atoms with Gasteiger partial charge in [0, 0.05) is 12.8 Å². The highest BCUT2D eigenvalue weighted by Gasteiger charge is 2.51. The van der Waals surface area contributed by atoms with Crippen molar-refractivity contribution in [2.24, 2.45) is 0 Å². The molecule has 1 spiro atoms. The maximum atomic E-state index is 10.6. The molecule has 0 aromatic heterocycles. The molecule has 2 atom stereocenters. The van der Waals surface area contributed by atoms with Crippen molar-refractivity contribution in [1.29, 1.82) is 0 Å². The second-order valence-electron chi connectivity index (χ2n) is 3.72. The fraction of sp³-hybridized carbons (Fsp3) is 0.875. The van der Waals surface area contributed by atoms with E-state index in [4.69, 9.17) is 9.84 Å². The summed E-state index contributed by atoms with van der Waals surface area (Å²) in [4.78, 5) is 10.6. The molecule has 0 unspecified atom stereocenters. The molecule has 1 saturated heterocycles. The molecule has 2 rings (SSSR count). The van der Waals surface area contributed by atoms with E-state index in [-0.39, 0.29) is 12.0 Å². The molecule has 4 nitrogen and oxygen atoms in total. The summed E-state index contributed by atoms with van der Waals surface area (Å²) in [6.45, 7) is 0. The van der Waals surface area contributed by atoms with Crippen molar-refractivity contribution >= 4 is 5.97 Å². The largest absolute Gasteiger partial charge is 0.479 e. The lowest BCUT2D eigenvalue weighted by atomic mass is 9.99. The van der Waals surface area contributed by atoms with Crippen molar-refractivity contribution in [2.45, 2.75) is 43.5 Å². The van der Waals surface area contributed by atoms with E-state index >= 15 is 0 Å². The Morgan fingerprint density at radius 1 is 1.50 bits per heavy atom. The maximum absolute atomic E-state index is 10.6. The van der Waals surface area contributed by atoms with Crippen LogP contribution in [0.25, 0.3) is 0 Å². The van der Waals surface area contributed by atoms with Gasteiger partial charge < -0.3 is 14.9 Å². The SMILES string of the molecule is O=C(O)[C@@H]1C[C@H](O)CC2(CC2)O1. The lowest BCUT2D eigenvalue weighted by Crippen LogP contribution is -2.41. The number of carboxylic acid groups (broad SMARTS) is 1. The number of ether oxygens (including phenoxy) is 1. The molecule has 2 aliphatic rings. The van der Waals surface area contributed by atoms with E-state index < -0.39 is 18.2 Å². The minimum absolute atomic E-state index is 0.233. The number of aliphatic carboxylic acids is 1. The molecule has 2 N–H and O–H groups in total. The van der Waals surface area contributed by atoms with Gasteiger partial charge >= 0.3 is 5.97 Å². The molecule has 0 aromatic rings. The Kier molecular flexibility index (Phi) is 1.63. The average molecular weight is 172 g/mol. The van der Waals surface area contributed by atoms with Crippen molar-refractivity contribution < 1.29 is 19.7 Å². The highest BCUT2D eigenvalue weighted by atomic mass is 16.5. The second-order valence-corrected chi connectivity index (χ2v) is 3.72. The molecule has 2 fully saturated rings. The number of aliphatic hydroxyl groups excluding tert-OH is 1. The molecule has 12 heavy (non-hydrogen) atoms. The van der Waals surface area contributed by atoms with Crippen LogP contribution < -0.4 is 0 Å². The summed E-state index contributed by atoms with van der Waals surface area (Å²) in [5, 5.41) is 18.0. The van der Waals surface area contributed by atoms with E-state index in [9.17, 15) is 9.90 Å². The zero-order valence-electron chi connectivity index (χ0n) is 6.69. The van der Waals surface area contributed by atoms with Crippen molar-refractivity contribution in [3.63, 3.8) is 0 Å². The topological polar surface area (TPSA) is 66.8 Å². The molecule has 1 aliphatic carbocycles. The van der Waals surface area contributed by atoms with E-state index in [1.54, 1.807) is 0 Å². The third-order valence-electron chi connectivity index (χ3n) is 2.57. The Labute approximate surface area is 70.1 Å². The standard InChI is InChI=1S/C8H12O4/c9-5-3-6(7(10)11)12-8(4-5)1-2-8/h5-6,9H,1-4H2,(H,10,11)/t5-,6-/m0/s1. The third kappa shape index (κ3) is 1.32. The average Bonchev–Trinajstić information content (AvgIpc) is 2.67. The highest BCUT2D eigenvalue weighted by molar-refractivity contribution is 5.72. The number of rotatable bonds is 1. The van der Waals surface area contributed by atoms with Crippen molar-refractivity contribution in [3.8, 4) is 0 Å². The summed E-state index contributed by atoms with van der Waals surface area (Å²) in [5.41, 5.74) is -0.277. The molecule has 68 valence electrons. The van der Waals surface area contributed by atoms with Gasteiger partial charge in [-0.1, -0.05) is 0 Å². The van der Waals surface area contributed by atoms with Crippen LogP contribution in [0.4, 0.5) is 0 Å². The van der Waals surface area contributed by atoms with Gasteiger partial charge in [0.15, 0.2) is 6.10 Å². The van der Waals surface area contributed by atoms with Crippen LogP contribution in [-0.2, 0) is 9.53 Å². The first-order chi connectivity index (χ1) is 5.61. The number of hydrogen-bond acceptors (Lipinski definition) is 3. The molecular formula is C8H12O4. The van der Waals surface area contributed by atoms with Crippen LogP contribution in [0, 0.1) is 0 Å². The Morgan fingerprint density at radius 2 is 2.17 bits per heavy atom. The fourth-order valence-electron chi connectivity index (χ4n) is 1.77. The molecule has 4 heteroatoms. The van der Waals surface area contributed by atoms with Gasteiger partial charge in [0.1, 0.15) is 0 Å². The van der Waals surface area contributed by atoms with Gasteiger partial charge in [0.2, 0.25) is 0 Å². The molecule has 1 heterocycles. The summed E-state index contributed by atoms with van der Waals surface area (Å²) < 4.78 is 5.36. The lowest BCUT2D eigenvalue weighted by Gasteiger charge is -2.30. The summed E-state index contributed by atoms with van der Waals surface area (Å²) in [5.74, 6) is -0.958. The van der Waals surface area contributed by atoms with Gasteiger partial charge in [-0.15, -0.1) is 0 Å². The highest BCUT2D eigenvalue weighted by Crippen LogP contribution is 2.47. The van der Waals surface area contributed by atoms with Crippen LogP contribution in [-0.4, -0.2) is 34.0 Å². The summed E-state index contributed by atoms with van der Waals surface area (Å²) in [6, 6.07) is 0. The van der Waals surface area contributed by atoms with Crippen molar-refractivity contribution in [2.75, 3.05) is 0 Å². The number of aliphatic hydroxyl groups is 1. The predicted molar refractivity (Wildman–Crippen MR) is 39.7 cm³/mol. The first-order valence-corrected chi connectivity index (χ1v) is 4.20. The van der Waals surface area contributed by atoms with Crippen molar-refractivity contribution in [3.05, 3.63) is 0 Å². The summed E-state index contributed by atoms with van der Waals surface area (Å²) in [7, 11) is 0. The van der Waals surface area contributed by atoms with E-state index in [1.807, 2.05) is 0 Å². The normalized spacial score (nSPS) is 38.1. The number of carbonyl (C=O) groups is 1. The van der Waals surface area contributed by atoms with Gasteiger partial charge in [-0.3, -0.25) is 0 Å². The zero-order valence-corrected chi connectivity index (χ0v) is 6.69. The van der Waals surface area contributed by atoms with Gasteiger partial charge in [0.25, 0.3) is 0 Å². The van der Waals surface area contributed by atoms with E-state index in [0.29, 0.717) is 6.42 Å². The Bertz CT molecular complexity index is 209. The Hall–Kier alpha value is -0.610. The van der Waals surface area contributed by atoms with Crippen LogP contribution in [0.5, 0.6) is 0 Å². The fourth-order valence-corrected chi connectivity index (χ4v) is 1.77. The van der Waals surface area contributed by atoms with Crippen molar-refractivity contribution in [1.82, 2.24) is 0 Å². The molecule has 0 aromatic carbocycles. The van der Waals surface area contributed by atoms with E-state index in [2.05, 4.69) is 0 Å². The Balaban J connectivity index is 2.04. The van der Waals surface area contributed by atoms with E-state index in [1.165, 1.54) is 0 Å². The minimum Gasteiger partial charge on any atom is -0.479 e. The number of carboxylic acids is 1. The predicted octanol–water partition coefficient (Wildman–Crippen LogP) is 0.143. The first-order valence-electron chi connectivity index (χ1n) is 4.20. The molecular weight excluding hydrogens is 160 g/mol. The van der Waals surface area contributed by atoms with Crippen LogP contribution in [0.2, 0.25) is 0 Å². The molecule has 1 aliphatic heterocycles. The minimum atomic E-state index is -0.958. The van der Waals surface area contributed by atoms with Gasteiger partial charge in [-0.05, 0) is 12.8 Å². The summed E-state index contributed by atoms with van der Waals surface area (Å²) >= 11 is 0. The lowest BCUT2D eigenvalue weighted by molar-refractivity contribution is -0.170. The molecule has 1 saturated carbocycles. The Morgan fingerprint density at radius 3 is 2.67 bits per heavy atom. The molecule has 0 bridgehead atoms. The van der Waals surface area contributed by atoms with Crippen LogP contribution in [0.15, 0.2) is 0 Å². The van der Waals surface area contributed by atoms with Gasteiger partial charge in [-0.25, -0.2) is 4.79 Å². The van der Waals surface area contributed by atoms with Crippen LogP contribution >= 0.6 is 0 Å². The second kappa shape index (κ2) is 2.44. The smallest absolute Gasteiger partial charge is 0.332 e. The van der Waals surface area contributed by atoms with Gasteiger partial charge in [0.05, 0.1) is 11.7 Å². The zero-order chi connectivity index (χ0) is 8.77. The maximum Gasteiger partial charge on any atom is 0.332 e. The third-order valence-corrected chi connectivity index (χ3v) is 2.57. The van der Waals surface area contributed by atoms with Crippen LogP contribution in [0.1, 0.15) is 25.7 Å². The molecule has 0 amide bonds. The molecule has 0 radical (unpaired) electrons. The summed E-state index contributed by atoms with van der Waals surface area (Å²) in [6.07, 6.45) is 1.34. The van der Waals surface area contributed by atoms with Gasteiger partial charge in [-0.2, -0.15) is 0 Å². The first kappa shape index (κ1) is 8.01.